The number of rotatable bonds is 12. The quantitative estimate of drug-likeness (QED) is 0.395. The minimum absolute atomic E-state index is 0.0941. The van der Waals surface area contributed by atoms with Gasteiger partial charge in [-0.1, -0.05) is 12.7 Å². The van der Waals surface area contributed by atoms with Crippen molar-refractivity contribution in [1.29, 1.82) is 0 Å². The van der Waals surface area contributed by atoms with E-state index in [1.807, 2.05) is 0 Å². The Hall–Kier alpha value is -1.77. The largest absolute Gasteiger partial charge is 0.445 e. The van der Waals surface area contributed by atoms with E-state index in [2.05, 4.69) is 11.9 Å². The number of hydrogen-bond donors (Lipinski definition) is 2. The Morgan fingerprint density at radius 3 is 2.32 bits per heavy atom. The third-order valence-corrected chi connectivity index (χ3v) is 3.35. The van der Waals surface area contributed by atoms with Gasteiger partial charge in [0.1, 0.15) is 30.5 Å². The Balaban J connectivity index is 4.36. The van der Waals surface area contributed by atoms with E-state index in [0.29, 0.717) is 0 Å². The van der Waals surface area contributed by atoms with E-state index in [0.717, 1.165) is 0 Å². The number of carbonyl (C=O) groups excluding carboxylic acids is 3. The molecule has 0 aliphatic carbocycles. The summed E-state index contributed by atoms with van der Waals surface area (Å²) in [5.74, 6) is -0.854. The summed E-state index contributed by atoms with van der Waals surface area (Å²) in [6.07, 6.45) is -2.11. The average Bonchev–Trinajstić information content (AvgIpc) is 2.54. The van der Waals surface area contributed by atoms with Crippen LogP contribution in [0.15, 0.2) is 12.7 Å². The van der Waals surface area contributed by atoms with Crippen LogP contribution in [-0.4, -0.2) is 66.4 Å². The number of ketones is 2. The molecule has 0 saturated heterocycles. The number of nitrogens with one attached hydrogen (secondary N) is 1. The highest BCUT2D eigenvalue weighted by molar-refractivity contribution is 5.91. The Morgan fingerprint density at radius 2 is 1.80 bits per heavy atom. The predicted molar refractivity (Wildman–Crippen MR) is 91.3 cm³/mol. The van der Waals surface area contributed by atoms with E-state index in [4.69, 9.17) is 14.2 Å². The second kappa shape index (κ2) is 11.0. The molecule has 8 nitrogen and oxygen atoms in total. The SMILES string of the molecule is C=CCOC(=O)NCCOC(C)(C)C(=O)C(C)OC(C)C(=O)C(C)O. The van der Waals surface area contributed by atoms with Crippen LogP contribution in [0.5, 0.6) is 0 Å². The average molecular weight is 359 g/mol. The van der Waals surface area contributed by atoms with Gasteiger partial charge in [-0.25, -0.2) is 4.79 Å². The lowest BCUT2D eigenvalue weighted by molar-refractivity contribution is -0.158. The molecule has 144 valence electrons. The molecule has 0 aromatic rings. The van der Waals surface area contributed by atoms with E-state index in [1.54, 1.807) is 13.8 Å². The maximum Gasteiger partial charge on any atom is 0.407 e. The Labute approximate surface area is 148 Å². The van der Waals surface area contributed by atoms with Crippen molar-refractivity contribution in [3.63, 3.8) is 0 Å². The smallest absolute Gasteiger partial charge is 0.407 e. The number of hydrogen-bond acceptors (Lipinski definition) is 7. The van der Waals surface area contributed by atoms with Gasteiger partial charge < -0.3 is 24.6 Å². The molecule has 0 aliphatic rings. The van der Waals surface area contributed by atoms with Gasteiger partial charge in [-0.05, 0) is 34.6 Å². The number of Topliss-reactive ketones (excluding diaryl/α,β-unsaturated/α-hetero) is 2. The van der Waals surface area contributed by atoms with Gasteiger partial charge in [-0.15, -0.1) is 0 Å². The summed E-state index contributed by atoms with van der Waals surface area (Å²) in [5, 5.41) is 11.7. The predicted octanol–water partition coefficient (Wildman–Crippen LogP) is 1.01. The lowest BCUT2D eigenvalue weighted by Crippen LogP contribution is -2.45. The molecule has 0 radical (unpaired) electrons. The molecule has 0 spiro atoms. The first kappa shape index (κ1) is 23.2. The minimum atomic E-state index is -1.17. The Bertz CT molecular complexity index is 474. The van der Waals surface area contributed by atoms with Crippen LogP contribution >= 0.6 is 0 Å². The molecule has 1 amide bonds. The monoisotopic (exact) mass is 359 g/mol. The number of alkyl carbamates (subject to hydrolysis) is 1. The van der Waals surface area contributed by atoms with Crippen LogP contribution in [0.3, 0.4) is 0 Å². The first-order valence-corrected chi connectivity index (χ1v) is 8.10. The van der Waals surface area contributed by atoms with Crippen molar-refractivity contribution in [3.05, 3.63) is 12.7 Å². The summed E-state index contributed by atoms with van der Waals surface area (Å²) in [5.41, 5.74) is -1.17. The van der Waals surface area contributed by atoms with Crippen LogP contribution in [0.4, 0.5) is 4.79 Å². The number of aliphatic hydroxyl groups excluding tert-OH is 1. The number of carbonyl (C=O) groups is 3. The summed E-state index contributed by atoms with van der Waals surface area (Å²) in [7, 11) is 0. The third-order valence-electron chi connectivity index (χ3n) is 3.35. The van der Waals surface area contributed by atoms with E-state index in [-0.39, 0.29) is 25.5 Å². The van der Waals surface area contributed by atoms with Crippen LogP contribution in [0.2, 0.25) is 0 Å². The Kier molecular flexibility index (Phi) is 10.2. The lowest BCUT2D eigenvalue weighted by atomic mass is 9.99. The molecule has 3 unspecified atom stereocenters. The zero-order valence-corrected chi connectivity index (χ0v) is 15.5. The van der Waals surface area contributed by atoms with Gasteiger partial charge >= 0.3 is 6.09 Å². The third kappa shape index (κ3) is 8.76. The molecular formula is C17H29NO7. The number of ether oxygens (including phenoxy) is 3. The van der Waals surface area contributed by atoms with Crippen molar-refractivity contribution in [1.82, 2.24) is 5.32 Å². The summed E-state index contributed by atoms with van der Waals surface area (Å²) in [6.45, 7) is 11.3. The maximum atomic E-state index is 12.4. The van der Waals surface area contributed by atoms with Crippen molar-refractivity contribution in [2.45, 2.75) is 58.5 Å². The van der Waals surface area contributed by atoms with Crippen molar-refractivity contribution in [2.24, 2.45) is 0 Å². The van der Waals surface area contributed by atoms with Gasteiger partial charge in [0.15, 0.2) is 11.6 Å². The van der Waals surface area contributed by atoms with Gasteiger partial charge in [-0.2, -0.15) is 0 Å². The first-order chi connectivity index (χ1) is 11.5. The van der Waals surface area contributed by atoms with Gasteiger partial charge in [-0.3, -0.25) is 9.59 Å². The fraction of sp³-hybridized carbons (Fsp3) is 0.706. The summed E-state index contributed by atoms with van der Waals surface area (Å²) >= 11 is 0. The molecule has 25 heavy (non-hydrogen) atoms. The Morgan fingerprint density at radius 1 is 1.20 bits per heavy atom. The normalized spacial score (nSPS) is 15.0. The van der Waals surface area contributed by atoms with Gasteiger partial charge in [0.05, 0.1) is 6.61 Å². The zero-order chi connectivity index (χ0) is 19.6. The summed E-state index contributed by atoms with van der Waals surface area (Å²) in [4.78, 5) is 35.3. The van der Waals surface area contributed by atoms with Crippen LogP contribution < -0.4 is 5.32 Å². The molecule has 2 N–H and O–H groups in total. The highest BCUT2D eigenvalue weighted by atomic mass is 16.5. The molecule has 8 heteroatoms. The lowest BCUT2D eigenvalue weighted by Gasteiger charge is -2.28. The molecule has 0 heterocycles. The van der Waals surface area contributed by atoms with Crippen LogP contribution in [0.25, 0.3) is 0 Å². The zero-order valence-electron chi connectivity index (χ0n) is 15.5. The standard InChI is InChI=1S/C17H29NO7/c1-7-9-23-16(22)18-8-10-24-17(5,6)15(21)13(4)25-12(3)14(20)11(2)19/h7,11-13,19H,1,8-10H2,2-6H3,(H,18,22). The molecule has 0 aromatic heterocycles. The number of aliphatic hydroxyl groups is 1. The first-order valence-electron chi connectivity index (χ1n) is 8.10. The van der Waals surface area contributed by atoms with E-state index in [9.17, 15) is 19.5 Å². The minimum Gasteiger partial charge on any atom is -0.445 e. The van der Waals surface area contributed by atoms with Gasteiger partial charge in [0, 0.05) is 6.54 Å². The molecule has 0 aromatic carbocycles. The molecule has 0 fully saturated rings. The van der Waals surface area contributed by atoms with E-state index in [1.165, 1.54) is 26.8 Å². The van der Waals surface area contributed by atoms with E-state index < -0.39 is 35.8 Å². The van der Waals surface area contributed by atoms with Crippen molar-refractivity contribution < 1.29 is 33.7 Å². The molecular weight excluding hydrogens is 330 g/mol. The number of amides is 1. The second-order valence-corrected chi connectivity index (χ2v) is 6.04. The highest BCUT2D eigenvalue weighted by Crippen LogP contribution is 2.16. The van der Waals surface area contributed by atoms with Gasteiger partial charge in [0.2, 0.25) is 0 Å². The molecule has 3 atom stereocenters. The fourth-order valence-electron chi connectivity index (χ4n) is 1.98. The van der Waals surface area contributed by atoms with Gasteiger partial charge in [0.25, 0.3) is 0 Å². The molecule has 0 aliphatic heterocycles. The van der Waals surface area contributed by atoms with Crippen LogP contribution in [-0.2, 0) is 23.8 Å². The van der Waals surface area contributed by atoms with E-state index >= 15 is 0 Å². The second-order valence-electron chi connectivity index (χ2n) is 6.04. The van der Waals surface area contributed by atoms with Crippen molar-refractivity contribution in [3.8, 4) is 0 Å². The maximum absolute atomic E-state index is 12.4. The fourth-order valence-corrected chi connectivity index (χ4v) is 1.98. The van der Waals surface area contributed by atoms with Crippen LogP contribution in [0, 0.1) is 0 Å². The molecule has 0 rings (SSSR count). The summed E-state index contributed by atoms with van der Waals surface area (Å²) in [6, 6.07) is 0. The topological polar surface area (TPSA) is 111 Å². The summed E-state index contributed by atoms with van der Waals surface area (Å²) < 4.78 is 15.6. The van der Waals surface area contributed by atoms with Crippen LogP contribution in [0.1, 0.15) is 34.6 Å². The molecule has 0 saturated carbocycles. The van der Waals surface area contributed by atoms with Crippen molar-refractivity contribution in [2.75, 3.05) is 19.8 Å². The van der Waals surface area contributed by atoms with Crippen molar-refractivity contribution >= 4 is 17.7 Å². The molecule has 0 bridgehead atoms. The highest BCUT2D eigenvalue weighted by Gasteiger charge is 2.34.